The molecule has 8 nitrogen and oxygen atoms in total. The summed E-state index contributed by atoms with van der Waals surface area (Å²) in [5.74, 6) is 1.22. The molecule has 1 aliphatic carbocycles. The van der Waals surface area contributed by atoms with Crippen LogP contribution in [-0.4, -0.2) is 70.0 Å². The van der Waals surface area contributed by atoms with E-state index in [-0.39, 0.29) is 12.0 Å². The van der Waals surface area contributed by atoms with Crippen LogP contribution in [0, 0.1) is 17.8 Å². The molecule has 5 rings (SSSR count). The van der Waals surface area contributed by atoms with Gasteiger partial charge < -0.3 is 14.5 Å². The fraction of sp³-hybridized carbons (Fsp3) is 0.619. The lowest BCUT2D eigenvalue weighted by Crippen LogP contribution is -2.36. The third-order valence-electron chi connectivity index (χ3n) is 6.77. The minimum Gasteiger partial charge on any atom is -0.449 e. The van der Waals surface area contributed by atoms with Gasteiger partial charge in [-0.25, -0.2) is 4.79 Å². The highest BCUT2D eigenvalue weighted by atomic mass is 16.6. The lowest BCUT2D eigenvalue weighted by atomic mass is 9.90. The van der Waals surface area contributed by atoms with Gasteiger partial charge in [0.1, 0.15) is 5.52 Å². The molecule has 2 atom stereocenters. The van der Waals surface area contributed by atoms with Crippen molar-refractivity contribution in [2.24, 2.45) is 17.8 Å². The molecule has 0 spiro atoms. The first-order chi connectivity index (χ1) is 14.2. The zero-order valence-corrected chi connectivity index (χ0v) is 16.5. The fourth-order valence-electron chi connectivity index (χ4n) is 5.10. The van der Waals surface area contributed by atoms with E-state index in [1.807, 2.05) is 21.9 Å². The number of benzene rings is 1. The summed E-state index contributed by atoms with van der Waals surface area (Å²) in [6.07, 6.45) is 5.99. The van der Waals surface area contributed by atoms with E-state index >= 15 is 0 Å². The molecule has 3 heterocycles. The maximum absolute atomic E-state index is 12.9. The van der Waals surface area contributed by atoms with Gasteiger partial charge in [0.15, 0.2) is 0 Å². The quantitative estimate of drug-likeness (QED) is 0.860. The summed E-state index contributed by atoms with van der Waals surface area (Å²) in [7, 11) is 0. The maximum Gasteiger partial charge on any atom is 0.409 e. The molecule has 0 radical (unpaired) electrons. The van der Waals surface area contributed by atoms with Gasteiger partial charge in [-0.3, -0.25) is 9.89 Å². The number of aromatic nitrogens is 3. The Kier molecular flexibility index (Phi) is 4.85. The van der Waals surface area contributed by atoms with Crippen LogP contribution in [0.3, 0.4) is 0 Å². The van der Waals surface area contributed by atoms with Gasteiger partial charge in [-0.05, 0) is 37.0 Å². The molecule has 1 aromatic carbocycles. The van der Waals surface area contributed by atoms with Gasteiger partial charge in [0.25, 0.3) is 5.91 Å². The molecule has 2 saturated heterocycles. The predicted molar refractivity (Wildman–Crippen MR) is 106 cm³/mol. The number of carbonyl (C=O) groups is 2. The van der Waals surface area contributed by atoms with E-state index in [2.05, 4.69) is 15.4 Å². The fourth-order valence-corrected chi connectivity index (χ4v) is 5.10. The first-order valence-electron chi connectivity index (χ1n) is 10.7. The number of amides is 2. The van der Waals surface area contributed by atoms with Gasteiger partial charge in [-0.2, -0.15) is 0 Å². The summed E-state index contributed by atoms with van der Waals surface area (Å²) in [5, 5.41) is 10.6. The summed E-state index contributed by atoms with van der Waals surface area (Å²) < 4.78 is 5.60. The molecule has 0 unspecified atom stereocenters. The van der Waals surface area contributed by atoms with Crippen LogP contribution in [-0.2, 0) is 4.74 Å². The number of aromatic amines is 1. The third kappa shape index (κ3) is 3.68. The Morgan fingerprint density at radius 1 is 1.03 bits per heavy atom. The minimum absolute atomic E-state index is 0.0238. The number of likely N-dealkylation sites (tertiary alicyclic amines) is 2. The number of hydrogen-bond donors (Lipinski definition) is 1. The van der Waals surface area contributed by atoms with Gasteiger partial charge in [0, 0.05) is 43.6 Å². The van der Waals surface area contributed by atoms with Crippen molar-refractivity contribution in [1.82, 2.24) is 25.2 Å². The smallest absolute Gasteiger partial charge is 0.409 e. The van der Waals surface area contributed by atoms with Gasteiger partial charge in [0.05, 0.1) is 12.1 Å². The van der Waals surface area contributed by atoms with Crippen LogP contribution in [0.25, 0.3) is 11.0 Å². The van der Waals surface area contributed by atoms with Gasteiger partial charge >= 0.3 is 6.09 Å². The van der Waals surface area contributed by atoms with Gasteiger partial charge in [-0.1, -0.05) is 24.5 Å². The van der Waals surface area contributed by atoms with E-state index in [1.165, 1.54) is 32.1 Å². The molecule has 154 valence electrons. The number of rotatable bonds is 3. The van der Waals surface area contributed by atoms with Crippen molar-refractivity contribution in [3.63, 3.8) is 0 Å². The van der Waals surface area contributed by atoms with Crippen LogP contribution < -0.4 is 0 Å². The Morgan fingerprint density at radius 2 is 1.76 bits per heavy atom. The van der Waals surface area contributed by atoms with E-state index < -0.39 is 0 Å². The van der Waals surface area contributed by atoms with Crippen LogP contribution in [0.2, 0.25) is 0 Å². The summed E-state index contributed by atoms with van der Waals surface area (Å²) in [6.45, 7) is 3.29. The first kappa shape index (κ1) is 18.4. The number of fused-ring (bicyclic) bond motifs is 2. The Bertz CT molecular complexity index is 893. The van der Waals surface area contributed by atoms with Gasteiger partial charge in [0.2, 0.25) is 0 Å². The summed E-state index contributed by atoms with van der Waals surface area (Å²) >= 11 is 0. The molecule has 1 saturated carbocycles. The highest BCUT2D eigenvalue weighted by Crippen LogP contribution is 2.32. The van der Waals surface area contributed by atoms with Crippen molar-refractivity contribution in [3.05, 3.63) is 23.8 Å². The second-order valence-corrected chi connectivity index (χ2v) is 8.76. The molecule has 2 aromatic rings. The topological polar surface area (TPSA) is 91.4 Å². The Morgan fingerprint density at radius 3 is 2.52 bits per heavy atom. The van der Waals surface area contributed by atoms with Crippen molar-refractivity contribution in [2.75, 3.05) is 32.8 Å². The first-order valence-corrected chi connectivity index (χ1v) is 10.7. The second-order valence-electron chi connectivity index (χ2n) is 8.76. The summed E-state index contributed by atoms with van der Waals surface area (Å²) in [5.41, 5.74) is 2.15. The molecule has 29 heavy (non-hydrogen) atoms. The monoisotopic (exact) mass is 397 g/mol. The molecule has 3 aliphatic rings. The zero-order valence-electron chi connectivity index (χ0n) is 16.5. The average molecular weight is 397 g/mol. The normalized spacial score (nSPS) is 24.8. The lowest BCUT2D eigenvalue weighted by molar-refractivity contribution is 0.0746. The Hall–Kier alpha value is -2.64. The highest BCUT2D eigenvalue weighted by molar-refractivity contribution is 5.97. The van der Waals surface area contributed by atoms with Crippen molar-refractivity contribution >= 4 is 23.0 Å². The van der Waals surface area contributed by atoms with Gasteiger partial charge in [-0.15, -0.1) is 5.10 Å². The largest absolute Gasteiger partial charge is 0.449 e. The van der Waals surface area contributed by atoms with E-state index in [9.17, 15) is 9.59 Å². The number of ether oxygens (including phenoxy) is 1. The van der Waals surface area contributed by atoms with Crippen molar-refractivity contribution in [1.29, 1.82) is 0 Å². The van der Waals surface area contributed by atoms with Crippen molar-refractivity contribution in [3.8, 4) is 0 Å². The van der Waals surface area contributed by atoms with E-state index in [1.54, 1.807) is 6.07 Å². The van der Waals surface area contributed by atoms with Crippen molar-refractivity contribution in [2.45, 2.75) is 32.1 Å². The Labute approximate surface area is 169 Å². The molecule has 0 bridgehead atoms. The van der Waals surface area contributed by atoms with Crippen LogP contribution in [0.1, 0.15) is 42.5 Å². The number of hydrogen-bond acceptors (Lipinski definition) is 5. The van der Waals surface area contributed by atoms with E-state index in [0.29, 0.717) is 61.6 Å². The molecule has 2 amide bonds. The van der Waals surface area contributed by atoms with Crippen molar-refractivity contribution < 1.29 is 14.3 Å². The number of H-pyrrole nitrogens is 1. The molecule has 3 fully saturated rings. The van der Waals surface area contributed by atoms with Crippen LogP contribution in [0.5, 0.6) is 0 Å². The number of nitrogens with one attached hydrogen (secondary N) is 1. The molecular weight excluding hydrogens is 370 g/mol. The van der Waals surface area contributed by atoms with E-state index in [0.717, 1.165) is 5.52 Å². The Balaban J connectivity index is 1.14. The predicted octanol–water partition coefficient (Wildman–Crippen LogP) is 2.68. The van der Waals surface area contributed by atoms with Crippen LogP contribution in [0.15, 0.2) is 18.2 Å². The number of nitrogens with zero attached hydrogens (tertiary/aromatic N) is 4. The van der Waals surface area contributed by atoms with Crippen LogP contribution in [0.4, 0.5) is 4.79 Å². The summed E-state index contributed by atoms with van der Waals surface area (Å²) in [6, 6.07) is 5.43. The summed E-state index contributed by atoms with van der Waals surface area (Å²) in [4.78, 5) is 29.1. The molecule has 2 aliphatic heterocycles. The SMILES string of the molecule is O=C(OCC1CCCCC1)N1C[C@@H]2CN(C(=O)c3ccc4[nH]nnc4c3)C[C@@H]2C1. The minimum atomic E-state index is -0.181. The molecule has 8 heteroatoms. The lowest BCUT2D eigenvalue weighted by Gasteiger charge is -2.24. The van der Waals surface area contributed by atoms with E-state index in [4.69, 9.17) is 4.74 Å². The second kappa shape index (κ2) is 7.65. The zero-order chi connectivity index (χ0) is 19.8. The molecular formula is C21H27N5O3. The average Bonchev–Trinajstić information content (AvgIpc) is 3.46. The standard InChI is InChI=1S/C21H27N5O3/c27-20(15-6-7-18-19(8-15)23-24-22-18)25-9-16-11-26(12-17(16)10-25)21(28)29-13-14-4-2-1-3-5-14/h6-8,14,16-17H,1-5,9-13H2,(H,22,23,24)/t16-,17+. The molecule has 1 N–H and O–H groups in total. The van der Waals surface area contributed by atoms with Crippen LogP contribution >= 0.6 is 0 Å². The maximum atomic E-state index is 12.9. The molecule has 1 aromatic heterocycles. The number of carbonyl (C=O) groups excluding carboxylic acids is 2. The highest BCUT2D eigenvalue weighted by Gasteiger charge is 2.43. The third-order valence-corrected chi connectivity index (χ3v) is 6.77.